The number of hydrogen-bond acceptors (Lipinski definition) is 3. The highest BCUT2D eigenvalue weighted by Crippen LogP contribution is 2.39. The summed E-state index contributed by atoms with van der Waals surface area (Å²) in [5, 5.41) is 27.8. The van der Waals surface area contributed by atoms with Crippen molar-refractivity contribution < 1.29 is 20.1 Å². The van der Waals surface area contributed by atoms with Crippen molar-refractivity contribution in [2.75, 3.05) is 6.61 Å². The minimum absolute atomic E-state index is 0.109. The molecule has 0 aromatic heterocycles. The fraction of sp³-hybridized carbons (Fsp3) is 0.720. The van der Waals surface area contributed by atoms with E-state index < -0.39 is 5.97 Å². The monoisotopic (exact) mass is 408 g/mol. The van der Waals surface area contributed by atoms with Crippen molar-refractivity contribution in [3.63, 3.8) is 0 Å². The quantitative estimate of drug-likeness (QED) is 0.448. The van der Waals surface area contributed by atoms with E-state index in [9.17, 15) is 9.90 Å². The second-order valence-corrected chi connectivity index (χ2v) is 10.4. The largest absolute Gasteiger partial charge is 0.507 e. The van der Waals surface area contributed by atoms with Gasteiger partial charge < -0.3 is 15.3 Å². The second-order valence-electron chi connectivity index (χ2n) is 10.4. The van der Waals surface area contributed by atoms with Crippen molar-refractivity contribution in [3.05, 3.63) is 28.8 Å². The highest BCUT2D eigenvalue weighted by molar-refractivity contribution is 5.67. The maximum absolute atomic E-state index is 10.8. The van der Waals surface area contributed by atoms with Crippen LogP contribution in [-0.4, -0.2) is 27.9 Å². The third kappa shape index (κ3) is 11.3. The third-order valence-corrected chi connectivity index (χ3v) is 4.85. The van der Waals surface area contributed by atoms with Gasteiger partial charge in [-0.1, -0.05) is 86.8 Å². The second kappa shape index (κ2) is 12.2. The molecule has 0 fully saturated rings. The summed E-state index contributed by atoms with van der Waals surface area (Å²) < 4.78 is 0. The Morgan fingerprint density at radius 2 is 1.41 bits per heavy atom. The van der Waals surface area contributed by atoms with Crippen LogP contribution in [0.1, 0.15) is 104 Å². The first-order valence-electron chi connectivity index (χ1n) is 10.9. The molecule has 3 N–H and O–H groups in total. The number of carbonyl (C=O) groups is 1. The number of rotatable bonds is 8. The van der Waals surface area contributed by atoms with Crippen molar-refractivity contribution in [2.24, 2.45) is 5.92 Å². The van der Waals surface area contributed by atoms with Crippen LogP contribution in [0.25, 0.3) is 0 Å². The van der Waals surface area contributed by atoms with Gasteiger partial charge in [0.25, 0.3) is 0 Å². The molecule has 0 spiro atoms. The molecule has 0 saturated heterocycles. The minimum Gasteiger partial charge on any atom is -0.507 e. The van der Waals surface area contributed by atoms with Crippen molar-refractivity contribution >= 4 is 5.97 Å². The SMILES string of the molecule is CC(C)(C)c1cc(CCC(=O)O)cc(C(C)(C)C)c1O.CC(C)CCCCCO. The molecule has 1 aromatic carbocycles. The maximum Gasteiger partial charge on any atom is 0.303 e. The summed E-state index contributed by atoms with van der Waals surface area (Å²) in [6.45, 7) is 17.1. The number of carboxylic acids is 1. The fourth-order valence-electron chi connectivity index (χ4n) is 3.07. The summed E-state index contributed by atoms with van der Waals surface area (Å²) in [6.07, 6.45) is 5.35. The van der Waals surface area contributed by atoms with Crippen LogP contribution < -0.4 is 0 Å². The van der Waals surface area contributed by atoms with Crippen LogP contribution in [0.2, 0.25) is 0 Å². The Balaban J connectivity index is 0.000000734. The molecule has 0 heterocycles. The molecule has 168 valence electrons. The summed E-state index contributed by atoms with van der Waals surface area (Å²) in [5.74, 6) is 0.362. The smallest absolute Gasteiger partial charge is 0.303 e. The molecule has 1 aromatic rings. The van der Waals surface area contributed by atoms with Crippen LogP contribution >= 0.6 is 0 Å². The van der Waals surface area contributed by atoms with E-state index in [0.717, 1.165) is 29.0 Å². The lowest BCUT2D eigenvalue weighted by molar-refractivity contribution is -0.136. The van der Waals surface area contributed by atoms with Gasteiger partial charge in [-0.25, -0.2) is 0 Å². The van der Waals surface area contributed by atoms with Gasteiger partial charge in [-0.3, -0.25) is 4.79 Å². The van der Waals surface area contributed by atoms with Gasteiger partial charge in [-0.2, -0.15) is 0 Å². The van der Waals surface area contributed by atoms with Gasteiger partial charge in [0.2, 0.25) is 0 Å². The number of phenols is 1. The normalized spacial score (nSPS) is 11.9. The van der Waals surface area contributed by atoms with E-state index >= 15 is 0 Å². The summed E-state index contributed by atoms with van der Waals surface area (Å²) in [6, 6.07) is 3.88. The highest BCUT2D eigenvalue weighted by atomic mass is 16.4. The number of unbranched alkanes of at least 4 members (excludes halogenated alkanes) is 2. The van der Waals surface area contributed by atoms with Crippen LogP contribution in [0, 0.1) is 5.92 Å². The fourth-order valence-corrected chi connectivity index (χ4v) is 3.07. The van der Waals surface area contributed by atoms with Crippen molar-refractivity contribution in [3.8, 4) is 5.75 Å². The molecule has 1 rings (SSSR count). The molecular weight excluding hydrogens is 364 g/mol. The van der Waals surface area contributed by atoms with Gasteiger partial charge in [-0.05, 0) is 46.3 Å². The Labute approximate surface area is 178 Å². The molecular formula is C25H44O4. The standard InChI is InChI=1S/C17H26O3.C8H18O/c1-16(2,3)12-9-11(7-8-14(18)19)10-13(15(12)20)17(4,5)6;1-8(2)6-4-3-5-7-9/h9-10,20H,7-8H2,1-6H3,(H,18,19);8-9H,3-7H2,1-2H3. The van der Waals surface area contributed by atoms with Crippen molar-refractivity contribution in [1.29, 1.82) is 0 Å². The molecule has 0 aliphatic heterocycles. The number of carboxylic acid groups (broad SMARTS) is 1. The van der Waals surface area contributed by atoms with Crippen LogP contribution in [0.3, 0.4) is 0 Å². The van der Waals surface area contributed by atoms with E-state index in [2.05, 4.69) is 55.4 Å². The Kier molecular flexibility index (Phi) is 11.6. The maximum atomic E-state index is 10.8. The summed E-state index contributed by atoms with van der Waals surface area (Å²) in [5.41, 5.74) is 2.38. The first kappa shape index (κ1) is 27.5. The van der Waals surface area contributed by atoms with E-state index in [1.165, 1.54) is 19.3 Å². The summed E-state index contributed by atoms with van der Waals surface area (Å²) in [7, 11) is 0. The molecule has 0 atom stereocenters. The van der Waals surface area contributed by atoms with E-state index in [0.29, 0.717) is 18.8 Å². The molecule has 0 aliphatic carbocycles. The molecule has 0 saturated carbocycles. The van der Waals surface area contributed by atoms with Gasteiger partial charge in [0.05, 0.1) is 0 Å². The summed E-state index contributed by atoms with van der Waals surface area (Å²) in [4.78, 5) is 10.8. The number of phenolic OH excluding ortho intramolecular Hbond substituents is 1. The average Bonchev–Trinajstić information content (AvgIpc) is 2.56. The van der Waals surface area contributed by atoms with E-state index in [1.807, 2.05) is 12.1 Å². The zero-order valence-electron chi connectivity index (χ0n) is 19.9. The molecule has 4 nitrogen and oxygen atoms in total. The van der Waals surface area contributed by atoms with Gasteiger partial charge in [-0.15, -0.1) is 0 Å². The number of hydrogen-bond donors (Lipinski definition) is 3. The number of aliphatic carboxylic acids is 1. The van der Waals surface area contributed by atoms with Gasteiger partial charge in [0, 0.05) is 13.0 Å². The lowest BCUT2D eigenvalue weighted by Crippen LogP contribution is -2.18. The molecule has 29 heavy (non-hydrogen) atoms. The van der Waals surface area contributed by atoms with E-state index in [4.69, 9.17) is 10.2 Å². The number of aromatic hydroxyl groups is 1. The number of aliphatic hydroxyl groups is 1. The molecule has 4 heteroatoms. The predicted molar refractivity (Wildman–Crippen MR) is 122 cm³/mol. The number of benzene rings is 1. The first-order valence-corrected chi connectivity index (χ1v) is 10.9. The number of aliphatic hydroxyl groups excluding tert-OH is 1. The third-order valence-electron chi connectivity index (χ3n) is 4.85. The van der Waals surface area contributed by atoms with Crippen molar-refractivity contribution in [1.82, 2.24) is 0 Å². The average molecular weight is 409 g/mol. The Bertz CT molecular complexity index is 584. The van der Waals surface area contributed by atoms with E-state index in [1.54, 1.807) is 0 Å². The predicted octanol–water partition coefficient (Wildman–Crippen LogP) is 6.20. The highest BCUT2D eigenvalue weighted by Gasteiger charge is 2.26. The van der Waals surface area contributed by atoms with Gasteiger partial charge >= 0.3 is 5.97 Å². The number of aryl methyl sites for hydroxylation is 1. The van der Waals surface area contributed by atoms with Crippen LogP contribution in [-0.2, 0) is 22.0 Å². The zero-order valence-corrected chi connectivity index (χ0v) is 19.9. The first-order chi connectivity index (χ1) is 13.2. The Hall–Kier alpha value is -1.55. The molecule has 0 bridgehead atoms. The van der Waals surface area contributed by atoms with E-state index in [-0.39, 0.29) is 17.3 Å². The molecule has 0 aliphatic rings. The lowest BCUT2D eigenvalue weighted by Gasteiger charge is -2.28. The molecule has 0 radical (unpaired) electrons. The molecule has 0 unspecified atom stereocenters. The minimum atomic E-state index is -0.798. The topological polar surface area (TPSA) is 77.8 Å². The van der Waals surface area contributed by atoms with Crippen LogP contribution in [0.5, 0.6) is 5.75 Å². The van der Waals surface area contributed by atoms with Crippen LogP contribution in [0.15, 0.2) is 12.1 Å². The zero-order chi connectivity index (χ0) is 22.8. The van der Waals surface area contributed by atoms with Gasteiger partial charge in [0.1, 0.15) is 5.75 Å². The summed E-state index contributed by atoms with van der Waals surface area (Å²) >= 11 is 0. The van der Waals surface area contributed by atoms with Gasteiger partial charge in [0.15, 0.2) is 0 Å². The Morgan fingerprint density at radius 3 is 1.76 bits per heavy atom. The molecule has 0 amide bonds. The Morgan fingerprint density at radius 1 is 0.931 bits per heavy atom. The van der Waals surface area contributed by atoms with Crippen molar-refractivity contribution in [2.45, 2.75) is 105 Å². The lowest BCUT2D eigenvalue weighted by atomic mass is 9.78. The van der Waals surface area contributed by atoms with Crippen LogP contribution in [0.4, 0.5) is 0 Å².